The van der Waals surface area contributed by atoms with Crippen molar-refractivity contribution in [3.05, 3.63) is 51.9 Å². The lowest BCUT2D eigenvalue weighted by Gasteiger charge is -2.16. The highest BCUT2D eigenvalue weighted by Crippen LogP contribution is 2.20. The number of nitrogens with zero attached hydrogens (tertiary/aromatic N) is 1. The molecule has 2 aromatic rings. The second kappa shape index (κ2) is 7.43. The number of nitrogens with two attached hydrogens (primary N) is 1. The Morgan fingerprint density at radius 1 is 1.35 bits per heavy atom. The monoisotopic (exact) mass is 379 g/mol. The van der Waals surface area contributed by atoms with Crippen LogP contribution in [0, 0.1) is 6.92 Å². The van der Waals surface area contributed by atoms with E-state index in [0.29, 0.717) is 17.0 Å². The van der Waals surface area contributed by atoms with E-state index in [0.717, 1.165) is 10.0 Å². The van der Waals surface area contributed by atoms with E-state index < -0.39 is 0 Å². The first-order chi connectivity index (χ1) is 10.9. The van der Waals surface area contributed by atoms with Crippen LogP contribution in [0.25, 0.3) is 0 Å². The molecule has 0 radical (unpaired) electrons. The van der Waals surface area contributed by atoms with Crippen LogP contribution in [0.5, 0.6) is 0 Å². The zero-order valence-corrected chi connectivity index (χ0v) is 14.5. The van der Waals surface area contributed by atoms with E-state index in [1.807, 2.05) is 25.1 Å². The number of hydrogen-bond donors (Lipinski definition) is 2. The molecule has 0 bridgehead atoms. The molecule has 0 saturated carbocycles. The van der Waals surface area contributed by atoms with Crippen LogP contribution in [0.1, 0.15) is 21.7 Å². The first-order valence-electron chi connectivity index (χ1n) is 6.99. The van der Waals surface area contributed by atoms with Gasteiger partial charge in [-0.05, 0) is 36.8 Å². The van der Waals surface area contributed by atoms with Crippen LogP contribution < -0.4 is 11.1 Å². The number of hydrogen-bond acceptors (Lipinski definition) is 4. The van der Waals surface area contributed by atoms with Crippen LogP contribution in [-0.4, -0.2) is 30.3 Å². The molecular weight excluding hydrogens is 362 g/mol. The number of carbonyl (C=O) groups is 2. The summed E-state index contributed by atoms with van der Waals surface area (Å²) in [7, 11) is 1.56. The summed E-state index contributed by atoms with van der Waals surface area (Å²) in [6, 6.07) is 7.14. The predicted molar refractivity (Wildman–Crippen MR) is 91.1 cm³/mol. The van der Waals surface area contributed by atoms with Gasteiger partial charge in [-0.15, -0.1) is 0 Å². The summed E-state index contributed by atoms with van der Waals surface area (Å²) in [5.74, 6) is -0.0402. The number of aryl methyl sites for hydroxylation is 1. The number of carbonyl (C=O) groups excluding carboxylic acids is 2. The van der Waals surface area contributed by atoms with Crippen molar-refractivity contribution in [1.29, 1.82) is 0 Å². The van der Waals surface area contributed by atoms with Gasteiger partial charge in [0.15, 0.2) is 0 Å². The van der Waals surface area contributed by atoms with Crippen LogP contribution in [0.15, 0.2) is 39.4 Å². The minimum atomic E-state index is -0.295. The number of rotatable bonds is 5. The molecule has 3 N–H and O–H groups in total. The molecule has 1 heterocycles. The van der Waals surface area contributed by atoms with Gasteiger partial charge < -0.3 is 20.4 Å². The van der Waals surface area contributed by atoms with Crippen molar-refractivity contribution in [1.82, 2.24) is 4.90 Å². The molecule has 1 aromatic heterocycles. The fourth-order valence-corrected chi connectivity index (χ4v) is 2.54. The maximum absolute atomic E-state index is 12.2. The second-order valence-corrected chi connectivity index (χ2v) is 6.09. The molecule has 23 heavy (non-hydrogen) atoms. The summed E-state index contributed by atoms with van der Waals surface area (Å²) < 4.78 is 6.08. The van der Waals surface area contributed by atoms with Crippen molar-refractivity contribution in [3.63, 3.8) is 0 Å². The van der Waals surface area contributed by atoms with Gasteiger partial charge >= 0.3 is 0 Å². The normalized spacial score (nSPS) is 10.4. The van der Waals surface area contributed by atoms with Crippen molar-refractivity contribution in [2.24, 2.45) is 5.73 Å². The Bertz CT molecular complexity index is 727. The molecule has 1 aromatic carbocycles. The molecule has 2 rings (SSSR count). The molecule has 6 nitrogen and oxygen atoms in total. The molecule has 122 valence electrons. The lowest BCUT2D eigenvalue weighted by Crippen LogP contribution is -2.34. The molecule has 0 atom stereocenters. The summed E-state index contributed by atoms with van der Waals surface area (Å²) in [4.78, 5) is 25.6. The molecule has 0 saturated heterocycles. The van der Waals surface area contributed by atoms with Crippen LogP contribution >= 0.6 is 15.9 Å². The number of furan rings is 1. The average molecular weight is 380 g/mol. The predicted octanol–water partition coefficient (Wildman–Crippen LogP) is 2.52. The summed E-state index contributed by atoms with van der Waals surface area (Å²) in [5.41, 5.74) is 7.47. The molecule has 0 unspecified atom stereocenters. The van der Waals surface area contributed by atoms with Crippen molar-refractivity contribution in [3.8, 4) is 0 Å². The first-order valence-corrected chi connectivity index (χ1v) is 7.79. The quantitative estimate of drug-likeness (QED) is 0.834. The molecule has 0 aliphatic carbocycles. The Labute approximate surface area is 142 Å². The Balaban J connectivity index is 1.97. The minimum absolute atomic E-state index is 0.0581. The molecule has 7 heteroatoms. The standard InChI is InChI=1S/C16H18BrN3O3/c1-10-5-12(17)3-4-14(10)19-15(21)8-20(2)16(22)11-6-13(7-18)23-9-11/h3-6,9H,7-8,18H2,1-2H3,(H,19,21). The highest BCUT2D eigenvalue weighted by atomic mass is 79.9. The minimum Gasteiger partial charge on any atom is -0.467 e. The van der Waals surface area contributed by atoms with E-state index in [9.17, 15) is 9.59 Å². The van der Waals surface area contributed by atoms with Crippen molar-refractivity contribution in [2.75, 3.05) is 18.9 Å². The molecule has 0 aliphatic heterocycles. The highest BCUT2D eigenvalue weighted by molar-refractivity contribution is 9.10. The van der Waals surface area contributed by atoms with Gasteiger partial charge in [-0.25, -0.2) is 0 Å². The van der Waals surface area contributed by atoms with E-state index in [2.05, 4.69) is 21.2 Å². The Morgan fingerprint density at radius 3 is 2.70 bits per heavy atom. The Hall–Kier alpha value is -2.12. The van der Waals surface area contributed by atoms with Crippen molar-refractivity contribution < 1.29 is 14.0 Å². The van der Waals surface area contributed by atoms with Crippen LogP contribution in [-0.2, 0) is 11.3 Å². The number of halogens is 1. The summed E-state index contributed by atoms with van der Waals surface area (Å²) in [6.07, 6.45) is 1.35. The van der Waals surface area contributed by atoms with Gasteiger partial charge in [0.25, 0.3) is 5.91 Å². The topological polar surface area (TPSA) is 88.6 Å². The third-order valence-corrected chi connectivity index (χ3v) is 3.79. The Morgan fingerprint density at radius 2 is 2.09 bits per heavy atom. The van der Waals surface area contributed by atoms with Crippen molar-refractivity contribution >= 4 is 33.4 Å². The van der Waals surface area contributed by atoms with Gasteiger partial charge in [-0.1, -0.05) is 15.9 Å². The van der Waals surface area contributed by atoms with Gasteiger partial charge in [0.2, 0.25) is 5.91 Å². The third-order valence-electron chi connectivity index (χ3n) is 3.29. The zero-order chi connectivity index (χ0) is 17.0. The smallest absolute Gasteiger partial charge is 0.257 e. The number of anilines is 1. The molecular formula is C16H18BrN3O3. The van der Waals surface area contributed by atoms with Gasteiger partial charge in [0.1, 0.15) is 12.0 Å². The van der Waals surface area contributed by atoms with Crippen LogP contribution in [0.4, 0.5) is 5.69 Å². The maximum atomic E-state index is 12.2. The van der Waals surface area contributed by atoms with E-state index in [1.54, 1.807) is 13.1 Å². The average Bonchev–Trinajstić information content (AvgIpc) is 2.98. The summed E-state index contributed by atoms with van der Waals surface area (Å²) in [6.45, 7) is 2.06. The van der Waals surface area contributed by atoms with Crippen molar-refractivity contribution in [2.45, 2.75) is 13.5 Å². The first kappa shape index (κ1) is 17.2. The molecule has 0 spiro atoms. The van der Waals surface area contributed by atoms with E-state index in [-0.39, 0.29) is 24.9 Å². The van der Waals surface area contributed by atoms with Gasteiger partial charge in [0.05, 0.1) is 18.7 Å². The van der Waals surface area contributed by atoms with E-state index >= 15 is 0 Å². The fourth-order valence-electron chi connectivity index (χ4n) is 2.06. The van der Waals surface area contributed by atoms with E-state index in [1.165, 1.54) is 11.2 Å². The SMILES string of the molecule is Cc1cc(Br)ccc1NC(=O)CN(C)C(=O)c1coc(CN)c1. The lowest BCUT2D eigenvalue weighted by atomic mass is 10.2. The molecule has 0 fully saturated rings. The number of amides is 2. The summed E-state index contributed by atoms with van der Waals surface area (Å²) >= 11 is 3.37. The number of likely N-dealkylation sites (N-methyl/N-ethyl adjacent to an activating group) is 1. The van der Waals surface area contributed by atoms with Gasteiger partial charge in [0, 0.05) is 17.2 Å². The molecule has 2 amide bonds. The Kier molecular flexibility index (Phi) is 5.57. The fraction of sp³-hybridized carbons (Fsp3) is 0.250. The van der Waals surface area contributed by atoms with Gasteiger partial charge in [-0.2, -0.15) is 0 Å². The summed E-state index contributed by atoms with van der Waals surface area (Å²) in [5, 5.41) is 2.79. The zero-order valence-electron chi connectivity index (χ0n) is 12.9. The largest absolute Gasteiger partial charge is 0.467 e. The lowest BCUT2D eigenvalue weighted by molar-refractivity contribution is -0.116. The number of nitrogens with one attached hydrogen (secondary N) is 1. The van der Waals surface area contributed by atoms with Gasteiger partial charge in [-0.3, -0.25) is 9.59 Å². The number of benzene rings is 1. The highest BCUT2D eigenvalue weighted by Gasteiger charge is 2.17. The van der Waals surface area contributed by atoms with E-state index in [4.69, 9.17) is 10.2 Å². The molecule has 0 aliphatic rings. The van der Waals surface area contributed by atoms with Crippen LogP contribution in [0.2, 0.25) is 0 Å². The maximum Gasteiger partial charge on any atom is 0.257 e. The van der Waals surface area contributed by atoms with Crippen LogP contribution in [0.3, 0.4) is 0 Å². The second-order valence-electron chi connectivity index (χ2n) is 5.17. The third kappa shape index (κ3) is 4.43.